The third-order valence-electron chi connectivity index (χ3n) is 9.89. The second kappa shape index (κ2) is 15.2. The van der Waals surface area contributed by atoms with Crippen LogP contribution in [0.5, 0.6) is 0 Å². The minimum absolute atomic E-state index is 0.0303. The van der Waals surface area contributed by atoms with Crippen LogP contribution >= 0.6 is 11.6 Å². The highest BCUT2D eigenvalue weighted by Crippen LogP contribution is 2.39. The molecule has 2 aliphatic heterocycles. The van der Waals surface area contributed by atoms with Crippen molar-refractivity contribution < 1.29 is 33.2 Å². The first-order valence-electron chi connectivity index (χ1n) is 17.6. The van der Waals surface area contributed by atoms with Crippen molar-refractivity contribution in [1.29, 1.82) is 0 Å². The van der Waals surface area contributed by atoms with Gasteiger partial charge in [-0.15, -0.1) is 0 Å². The van der Waals surface area contributed by atoms with Crippen molar-refractivity contribution in [2.45, 2.75) is 128 Å². The first-order valence-corrected chi connectivity index (χ1v) is 17.9. The molecule has 2 aliphatic carbocycles. The molecule has 4 N–H and O–H groups in total. The van der Waals surface area contributed by atoms with Gasteiger partial charge in [0.1, 0.15) is 23.5 Å². The fourth-order valence-corrected chi connectivity index (χ4v) is 7.19. The number of Topliss-reactive ketones (excluding diaryl/α,β-unsaturated/α-hetero) is 1. The zero-order chi connectivity index (χ0) is 35.5. The molecular formula is C36H49ClFN5O6. The smallest absolute Gasteiger partial charge is 0.289 e. The monoisotopic (exact) mass is 701 g/mol. The van der Waals surface area contributed by atoms with Gasteiger partial charge in [-0.25, -0.2) is 4.39 Å². The number of rotatable bonds is 12. The lowest BCUT2D eigenvalue weighted by molar-refractivity contribution is -0.145. The van der Waals surface area contributed by atoms with Crippen LogP contribution in [0.15, 0.2) is 24.3 Å². The molecule has 1 aromatic rings. The molecule has 1 saturated heterocycles. The number of carbonyl (C=O) groups excluding carboxylic acids is 5. The van der Waals surface area contributed by atoms with Crippen LogP contribution in [0.4, 0.5) is 4.39 Å². The molecule has 1 spiro atoms. The molecule has 1 aromatic carbocycles. The number of halogens is 2. The molecule has 0 aromatic heterocycles. The SMILES string of the molecule is CCC[C@H](NC(=O)[C@@H]1C[C@]2(C=C(c3cc(Cl)ccc3F)NO2)CN1C(=O)[C@@H](NC(=O)CC1CCCCC1)C(C)(C)C)C(=O)C(=O)NC1CC1. The van der Waals surface area contributed by atoms with Gasteiger partial charge in [-0.1, -0.05) is 65.0 Å². The molecule has 0 unspecified atom stereocenters. The molecule has 49 heavy (non-hydrogen) atoms. The van der Waals surface area contributed by atoms with Gasteiger partial charge in [0.15, 0.2) is 0 Å². The van der Waals surface area contributed by atoms with Gasteiger partial charge in [0.2, 0.25) is 23.5 Å². The van der Waals surface area contributed by atoms with Gasteiger partial charge >= 0.3 is 0 Å². The predicted octanol–water partition coefficient (Wildman–Crippen LogP) is 4.33. The molecule has 4 aliphatic rings. The summed E-state index contributed by atoms with van der Waals surface area (Å²) in [6.45, 7) is 7.29. The Morgan fingerprint density at radius 3 is 2.45 bits per heavy atom. The van der Waals surface area contributed by atoms with Crippen molar-refractivity contribution >= 4 is 46.7 Å². The Labute approximate surface area is 292 Å². The second-order valence-electron chi connectivity index (χ2n) is 15.2. The summed E-state index contributed by atoms with van der Waals surface area (Å²) in [5.74, 6) is -3.09. The number of hydrogen-bond donors (Lipinski definition) is 4. The summed E-state index contributed by atoms with van der Waals surface area (Å²) in [5.41, 5.74) is 1.24. The molecule has 0 radical (unpaired) electrons. The van der Waals surface area contributed by atoms with E-state index in [2.05, 4.69) is 21.4 Å². The van der Waals surface area contributed by atoms with Crippen LogP contribution in [-0.2, 0) is 28.8 Å². The normalized spacial score (nSPS) is 23.8. The minimum Gasteiger partial charge on any atom is -0.347 e. The number of hydroxylamine groups is 1. The van der Waals surface area contributed by atoms with Gasteiger partial charge in [-0.2, -0.15) is 0 Å². The quantitative estimate of drug-likeness (QED) is 0.238. The highest BCUT2D eigenvalue weighted by molar-refractivity contribution is 6.38. The second-order valence-corrected chi connectivity index (χ2v) is 15.6. The Morgan fingerprint density at radius 1 is 1.08 bits per heavy atom. The van der Waals surface area contributed by atoms with Crippen molar-refractivity contribution in [3.05, 3.63) is 40.7 Å². The lowest BCUT2D eigenvalue weighted by Gasteiger charge is -2.36. The third kappa shape index (κ3) is 9.00. The fourth-order valence-electron chi connectivity index (χ4n) is 7.02. The Bertz CT molecular complexity index is 1490. The number of ketones is 1. The maximum atomic E-state index is 14.8. The summed E-state index contributed by atoms with van der Waals surface area (Å²) < 4.78 is 14.8. The highest BCUT2D eigenvalue weighted by Gasteiger charge is 2.54. The lowest BCUT2D eigenvalue weighted by atomic mass is 9.84. The molecule has 2 saturated carbocycles. The first kappa shape index (κ1) is 36.8. The maximum Gasteiger partial charge on any atom is 0.289 e. The largest absolute Gasteiger partial charge is 0.347 e. The van der Waals surface area contributed by atoms with E-state index < -0.39 is 58.5 Å². The van der Waals surface area contributed by atoms with Gasteiger partial charge in [-0.3, -0.25) is 34.3 Å². The Hall–Kier alpha value is -3.51. The zero-order valence-electron chi connectivity index (χ0n) is 28.8. The summed E-state index contributed by atoms with van der Waals surface area (Å²) in [7, 11) is 0. The van der Waals surface area contributed by atoms with Crippen LogP contribution in [0.1, 0.15) is 104 Å². The third-order valence-corrected chi connectivity index (χ3v) is 10.1. The van der Waals surface area contributed by atoms with E-state index >= 15 is 0 Å². The van der Waals surface area contributed by atoms with E-state index in [1.165, 1.54) is 23.1 Å². The van der Waals surface area contributed by atoms with Gasteiger partial charge in [0.05, 0.1) is 18.3 Å². The molecular weight excluding hydrogens is 653 g/mol. The highest BCUT2D eigenvalue weighted by atomic mass is 35.5. The van der Waals surface area contributed by atoms with Crippen LogP contribution in [0.3, 0.4) is 0 Å². The Kier molecular flexibility index (Phi) is 11.4. The molecule has 4 atom stereocenters. The van der Waals surface area contributed by atoms with Gasteiger partial charge < -0.3 is 20.9 Å². The van der Waals surface area contributed by atoms with Crippen molar-refractivity contribution in [2.75, 3.05) is 6.54 Å². The van der Waals surface area contributed by atoms with Crippen molar-refractivity contribution in [2.24, 2.45) is 11.3 Å². The van der Waals surface area contributed by atoms with Gasteiger partial charge in [0.25, 0.3) is 5.91 Å². The zero-order valence-corrected chi connectivity index (χ0v) is 29.6. The van der Waals surface area contributed by atoms with Crippen LogP contribution in [0, 0.1) is 17.2 Å². The number of nitrogens with zero attached hydrogens (tertiary/aromatic N) is 1. The number of nitrogens with one attached hydrogen (secondary N) is 4. The summed E-state index contributed by atoms with van der Waals surface area (Å²) in [5, 5.41) is 8.74. The lowest BCUT2D eigenvalue weighted by Crippen LogP contribution is -2.59. The Balaban J connectivity index is 1.42. The van der Waals surface area contributed by atoms with Crippen molar-refractivity contribution in [1.82, 2.24) is 26.3 Å². The summed E-state index contributed by atoms with van der Waals surface area (Å²) in [6.07, 6.45) is 9.56. The number of benzene rings is 1. The van der Waals surface area contributed by atoms with Crippen LogP contribution in [-0.4, -0.2) is 70.6 Å². The fraction of sp³-hybridized carbons (Fsp3) is 0.639. The van der Waals surface area contributed by atoms with E-state index in [1.54, 1.807) is 6.08 Å². The number of carbonyl (C=O) groups is 5. The van der Waals surface area contributed by atoms with Crippen LogP contribution in [0.2, 0.25) is 5.02 Å². The van der Waals surface area contributed by atoms with Gasteiger partial charge in [0, 0.05) is 29.5 Å². The van der Waals surface area contributed by atoms with E-state index in [0.29, 0.717) is 17.9 Å². The van der Waals surface area contributed by atoms with E-state index in [9.17, 15) is 28.4 Å². The summed E-state index contributed by atoms with van der Waals surface area (Å²) in [4.78, 5) is 75.2. The summed E-state index contributed by atoms with van der Waals surface area (Å²) >= 11 is 6.15. The van der Waals surface area contributed by atoms with E-state index in [-0.39, 0.29) is 48.5 Å². The topological polar surface area (TPSA) is 146 Å². The molecule has 13 heteroatoms. The van der Waals surface area contributed by atoms with Crippen molar-refractivity contribution in [3.63, 3.8) is 0 Å². The first-order chi connectivity index (χ1) is 23.2. The standard InChI is InChI=1S/C36H49ClFN5O6/c1-5-9-26(30(45)33(47)39-23-13-14-23)40-32(46)28-19-36(18-27(42-49-36)24-17-22(37)12-15-25(24)38)20-43(28)34(48)31(35(2,3)4)41-29(44)16-21-10-7-6-8-11-21/h12,15,17-18,21,23,26,28,31,42H,5-11,13-14,16,19-20H2,1-4H3,(H,39,47)(H,40,46)(H,41,44)/t26-,28-,31+,36+/m0/s1. The molecule has 268 valence electrons. The number of amides is 4. The minimum atomic E-state index is -1.25. The molecule has 2 heterocycles. The maximum absolute atomic E-state index is 14.8. The predicted molar refractivity (Wildman–Crippen MR) is 182 cm³/mol. The van der Waals surface area contributed by atoms with Crippen molar-refractivity contribution in [3.8, 4) is 0 Å². The Morgan fingerprint density at radius 2 is 1.80 bits per heavy atom. The van der Waals surface area contributed by atoms with Crippen LogP contribution in [0.25, 0.3) is 5.70 Å². The van der Waals surface area contributed by atoms with E-state index in [0.717, 1.165) is 44.9 Å². The van der Waals surface area contributed by atoms with Crippen LogP contribution < -0.4 is 21.4 Å². The number of hydrogen-bond acceptors (Lipinski definition) is 7. The molecule has 3 fully saturated rings. The molecule has 5 rings (SSSR count). The van der Waals surface area contributed by atoms with E-state index in [1.807, 2.05) is 27.7 Å². The summed E-state index contributed by atoms with van der Waals surface area (Å²) in [6, 6.07) is 0.884. The molecule has 4 amide bonds. The number of likely N-dealkylation sites (tertiary alicyclic amines) is 1. The average molecular weight is 702 g/mol. The van der Waals surface area contributed by atoms with E-state index in [4.69, 9.17) is 16.4 Å². The molecule has 11 nitrogen and oxygen atoms in total. The van der Waals surface area contributed by atoms with Gasteiger partial charge in [-0.05, 0) is 67.7 Å². The average Bonchev–Trinajstić information content (AvgIpc) is 3.65. The molecule has 0 bridgehead atoms.